The maximum absolute atomic E-state index is 11.6. The smallest absolute Gasteiger partial charge is 0.224 e. The maximum Gasteiger partial charge on any atom is 0.224 e. The second-order valence-electron chi connectivity index (χ2n) is 4.36. The van der Waals surface area contributed by atoms with E-state index >= 15 is 0 Å². The van der Waals surface area contributed by atoms with Crippen LogP contribution in [0.15, 0.2) is 18.2 Å². The van der Waals surface area contributed by atoms with Crippen LogP contribution in [0.25, 0.3) is 0 Å². The molecule has 3 heteroatoms. The fraction of sp³-hybridized carbons (Fsp3) is 0.500. The summed E-state index contributed by atoms with van der Waals surface area (Å²) in [6.45, 7) is 3.97. The van der Waals surface area contributed by atoms with E-state index in [4.69, 9.17) is 0 Å². The molecule has 0 aromatic heterocycles. The van der Waals surface area contributed by atoms with Gasteiger partial charge in [-0.25, -0.2) is 0 Å². The van der Waals surface area contributed by atoms with Crippen molar-refractivity contribution in [3.63, 3.8) is 0 Å². The second-order valence-corrected chi connectivity index (χ2v) is 4.36. The third-order valence-corrected chi connectivity index (χ3v) is 2.75. The molecular weight excluding hydrogens is 214 g/mol. The molecule has 1 aromatic rings. The Kier molecular flexibility index (Phi) is 5.53. The molecule has 0 heterocycles. The number of hydrogen-bond donors (Lipinski definition) is 2. The van der Waals surface area contributed by atoms with Gasteiger partial charge in [0.2, 0.25) is 5.91 Å². The van der Waals surface area contributed by atoms with Crippen molar-refractivity contribution < 1.29 is 9.90 Å². The normalized spacial score (nSPS) is 10.2. The van der Waals surface area contributed by atoms with Gasteiger partial charge in [-0.1, -0.05) is 32.3 Å². The van der Waals surface area contributed by atoms with Crippen molar-refractivity contribution in [2.24, 2.45) is 0 Å². The number of carbonyl (C=O) groups excluding carboxylic acids is 1. The summed E-state index contributed by atoms with van der Waals surface area (Å²) >= 11 is 0. The van der Waals surface area contributed by atoms with Crippen molar-refractivity contribution in [3.05, 3.63) is 23.8 Å². The van der Waals surface area contributed by atoms with Crippen molar-refractivity contribution in [2.45, 2.75) is 46.0 Å². The summed E-state index contributed by atoms with van der Waals surface area (Å²) in [5, 5.41) is 12.3. The fourth-order valence-corrected chi connectivity index (χ4v) is 1.62. The summed E-state index contributed by atoms with van der Waals surface area (Å²) in [6.07, 6.45) is 4.93. The first-order chi connectivity index (χ1) is 8.13. The molecule has 0 aliphatic carbocycles. The summed E-state index contributed by atoms with van der Waals surface area (Å²) in [6, 6.07) is 5.18. The number of benzene rings is 1. The number of amides is 1. The number of rotatable bonds is 6. The Morgan fingerprint density at radius 3 is 2.71 bits per heavy atom. The van der Waals surface area contributed by atoms with Gasteiger partial charge in [-0.15, -0.1) is 0 Å². The van der Waals surface area contributed by atoms with Crippen LogP contribution in [-0.4, -0.2) is 11.0 Å². The van der Waals surface area contributed by atoms with Gasteiger partial charge in [-0.05, 0) is 25.0 Å². The highest BCUT2D eigenvalue weighted by molar-refractivity contribution is 5.90. The van der Waals surface area contributed by atoms with Crippen molar-refractivity contribution >= 4 is 11.6 Å². The quantitative estimate of drug-likeness (QED) is 0.740. The fourth-order valence-electron chi connectivity index (χ4n) is 1.62. The molecule has 1 amide bonds. The van der Waals surface area contributed by atoms with Gasteiger partial charge < -0.3 is 10.4 Å². The zero-order valence-corrected chi connectivity index (χ0v) is 10.6. The lowest BCUT2D eigenvalue weighted by atomic mass is 10.1. The minimum Gasteiger partial charge on any atom is -0.508 e. The van der Waals surface area contributed by atoms with Crippen LogP contribution in [0.5, 0.6) is 5.75 Å². The lowest BCUT2D eigenvalue weighted by Crippen LogP contribution is -2.10. The molecule has 0 radical (unpaired) electrons. The van der Waals surface area contributed by atoms with Crippen molar-refractivity contribution in [2.75, 3.05) is 5.32 Å². The van der Waals surface area contributed by atoms with Crippen molar-refractivity contribution in [3.8, 4) is 5.75 Å². The van der Waals surface area contributed by atoms with Crippen LogP contribution in [0, 0.1) is 6.92 Å². The molecule has 17 heavy (non-hydrogen) atoms. The van der Waals surface area contributed by atoms with Gasteiger partial charge in [0.25, 0.3) is 0 Å². The van der Waals surface area contributed by atoms with Gasteiger partial charge >= 0.3 is 0 Å². The lowest BCUT2D eigenvalue weighted by molar-refractivity contribution is -0.116. The molecule has 0 saturated carbocycles. The highest BCUT2D eigenvalue weighted by atomic mass is 16.3. The number of phenols is 1. The van der Waals surface area contributed by atoms with Crippen LogP contribution >= 0.6 is 0 Å². The van der Waals surface area contributed by atoms with E-state index in [0.29, 0.717) is 12.1 Å². The molecule has 2 N–H and O–H groups in total. The molecule has 1 rings (SSSR count). The Bertz CT molecular complexity index is 374. The number of unbranched alkanes of at least 4 members (excludes halogenated alkanes) is 3. The van der Waals surface area contributed by atoms with E-state index in [0.717, 1.165) is 18.4 Å². The van der Waals surface area contributed by atoms with Crippen molar-refractivity contribution in [1.82, 2.24) is 0 Å². The summed E-state index contributed by atoms with van der Waals surface area (Å²) in [5.41, 5.74) is 1.47. The summed E-state index contributed by atoms with van der Waals surface area (Å²) in [5.74, 6) is 0.234. The number of nitrogens with one attached hydrogen (secondary N) is 1. The number of anilines is 1. The average molecular weight is 235 g/mol. The molecule has 0 aliphatic rings. The van der Waals surface area contributed by atoms with Gasteiger partial charge in [-0.3, -0.25) is 4.79 Å². The van der Waals surface area contributed by atoms with E-state index < -0.39 is 0 Å². The number of aryl methyl sites for hydroxylation is 1. The van der Waals surface area contributed by atoms with Crippen LogP contribution in [0.4, 0.5) is 5.69 Å². The third kappa shape index (κ3) is 4.89. The number of hydrogen-bond acceptors (Lipinski definition) is 2. The second kappa shape index (κ2) is 6.94. The number of aromatic hydroxyl groups is 1. The SMILES string of the molecule is CCCCCCC(=O)Nc1ccc(C)c(O)c1. The molecule has 0 fully saturated rings. The highest BCUT2D eigenvalue weighted by Gasteiger charge is 2.03. The van der Waals surface area contributed by atoms with Gasteiger partial charge in [0.1, 0.15) is 5.75 Å². The molecule has 0 atom stereocenters. The number of carbonyl (C=O) groups is 1. The first-order valence-corrected chi connectivity index (χ1v) is 6.23. The van der Waals surface area contributed by atoms with E-state index in [1.807, 2.05) is 6.92 Å². The summed E-state index contributed by atoms with van der Waals surface area (Å²) < 4.78 is 0. The molecule has 0 spiro atoms. The third-order valence-electron chi connectivity index (χ3n) is 2.75. The van der Waals surface area contributed by atoms with E-state index in [1.54, 1.807) is 18.2 Å². The zero-order chi connectivity index (χ0) is 12.7. The molecule has 3 nitrogen and oxygen atoms in total. The highest BCUT2D eigenvalue weighted by Crippen LogP contribution is 2.21. The summed E-state index contributed by atoms with van der Waals surface area (Å²) in [4.78, 5) is 11.6. The Balaban J connectivity index is 2.37. The zero-order valence-electron chi connectivity index (χ0n) is 10.6. The Morgan fingerprint density at radius 1 is 1.29 bits per heavy atom. The maximum atomic E-state index is 11.6. The molecule has 94 valence electrons. The molecule has 0 bridgehead atoms. The van der Waals surface area contributed by atoms with Crippen LogP contribution < -0.4 is 5.32 Å². The van der Waals surface area contributed by atoms with E-state index in [-0.39, 0.29) is 11.7 Å². The van der Waals surface area contributed by atoms with Crippen LogP contribution in [-0.2, 0) is 4.79 Å². The average Bonchev–Trinajstić information content (AvgIpc) is 2.30. The van der Waals surface area contributed by atoms with Crippen LogP contribution in [0.1, 0.15) is 44.6 Å². The van der Waals surface area contributed by atoms with Gasteiger partial charge in [0.15, 0.2) is 0 Å². The minimum absolute atomic E-state index is 0.0179. The van der Waals surface area contributed by atoms with Crippen molar-refractivity contribution in [1.29, 1.82) is 0 Å². The topological polar surface area (TPSA) is 49.3 Å². The molecular formula is C14H21NO2. The molecule has 0 saturated heterocycles. The molecule has 0 unspecified atom stereocenters. The standard InChI is InChI=1S/C14H21NO2/c1-3-4-5-6-7-14(17)15-12-9-8-11(2)13(16)10-12/h8-10,16H,3-7H2,1-2H3,(H,15,17). The first-order valence-electron chi connectivity index (χ1n) is 6.23. The minimum atomic E-state index is 0.0179. The molecule has 1 aromatic carbocycles. The first kappa shape index (κ1) is 13.6. The van der Waals surface area contributed by atoms with Crippen LogP contribution in [0.2, 0.25) is 0 Å². The van der Waals surface area contributed by atoms with Gasteiger partial charge in [0.05, 0.1) is 0 Å². The van der Waals surface area contributed by atoms with Gasteiger partial charge in [-0.2, -0.15) is 0 Å². The summed E-state index contributed by atoms with van der Waals surface area (Å²) in [7, 11) is 0. The Hall–Kier alpha value is -1.51. The monoisotopic (exact) mass is 235 g/mol. The largest absolute Gasteiger partial charge is 0.508 e. The number of phenolic OH excluding ortho intramolecular Hbond substituents is 1. The Morgan fingerprint density at radius 2 is 2.06 bits per heavy atom. The van der Waals surface area contributed by atoms with Crippen LogP contribution in [0.3, 0.4) is 0 Å². The Labute approximate surface area is 103 Å². The van der Waals surface area contributed by atoms with E-state index in [9.17, 15) is 9.90 Å². The van der Waals surface area contributed by atoms with E-state index in [1.165, 1.54) is 12.8 Å². The predicted octanol–water partition coefficient (Wildman–Crippen LogP) is 3.61. The van der Waals surface area contributed by atoms with Gasteiger partial charge in [0, 0.05) is 18.2 Å². The molecule has 0 aliphatic heterocycles. The lowest BCUT2D eigenvalue weighted by Gasteiger charge is -2.06. The van der Waals surface area contributed by atoms with E-state index in [2.05, 4.69) is 12.2 Å². The predicted molar refractivity (Wildman–Crippen MR) is 70.2 cm³/mol.